The van der Waals surface area contributed by atoms with Gasteiger partial charge in [-0.2, -0.15) is 0 Å². The van der Waals surface area contributed by atoms with E-state index in [1.54, 1.807) is 56.1 Å². The molecule has 1 heterocycles. The maximum absolute atomic E-state index is 13.1. The SMILES string of the molecule is CCN(CCO)c1ccc(S(=O)(=O)Nc2c(C)n(C)n(-c3ccccc3)c2=O)cc1[N+](=O)[O-]. The molecule has 0 saturated heterocycles. The van der Waals surface area contributed by atoms with Crippen LogP contribution >= 0.6 is 0 Å². The molecule has 3 rings (SSSR count). The Kier molecular flexibility index (Phi) is 6.89. The number of likely N-dealkylation sites (N-methyl/N-ethyl adjacent to an activating group) is 1. The van der Waals surface area contributed by atoms with Crippen LogP contribution in [0.1, 0.15) is 12.6 Å². The van der Waals surface area contributed by atoms with Gasteiger partial charge in [0.1, 0.15) is 11.4 Å². The van der Waals surface area contributed by atoms with Crippen LogP contribution in [0.5, 0.6) is 0 Å². The Morgan fingerprint density at radius 3 is 2.42 bits per heavy atom. The number of aromatic nitrogens is 2. The third-order valence-corrected chi connectivity index (χ3v) is 6.68. The summed E-state index contributed by atoms with van der Waals surface area (Å²) in [5, 5.41) is 20.9. The number of hydrogen-bond donors (Lipinski definition) is 2. The molecule has 1 aromatic heterocycles. The van der Waals surface area contributed by atoms with Gasteiger partial charge in [-0.3, -0.25) is 24.3 Å². The minimum absolute atomic E-state index is 0.149. The van der Waals surface area contributed by atoms with Crippen molar-refractivity contribution >= 4 is 27.1 Å². The second-order valence-corrected chi connectivity index (χ2v) is 8.94. The van der Waals surface area contributed by atoms with Crippen molar-refractivity contribution in [2.24, 2.45) is 7.05 Å². The summed E-state index contributed by atoms with van der Waals surface area (Å²) in [6.07, 6.45) is 0. The molecule has 0 spiro atoms. The fourth-order valence-corrected chi connectivity index (χ4v) is 4.67. The number of aliphatic hydroxyl groups excluding tert-OH is 1. The maximum atomic E-state index is 13.1. The summed E-state index contributed by atoms with van der Waals surface area (Å²) in [6, 6.07) is 12.2. The Bertz CT molecular complexity index is 1330. The molecular weight excluding hydrogens is 450 g/mol. The fraction of sp³-hybridized carbons (Fsp3) is 0.286. The first-order chi connectivity index (χ1) is 15.6. The predicted octanol–water partition coefficient (Wildman–Crippen LogP) is 2.01. The number of rotatable bonds is 9. The molecule has 0 radical (unpaired) electrons. The van der Waals surface area contributed by atoms with E-state index in [0.717, 1.165) is 6.07 Å². The zero-order valence-corrected chi connectivity index (χ0v) is 19.2. The van der Waals surface area contributed by atoms with Crippen LogP contribution in [0.3, 0.4) is 0 Å². The van der Waals surface area contributed by atoms with Gasteiger partial charge in [0.15, 0.2) is 0 Å². The van der Waals surface area contributed by atoms with Crippen LogP contribution in [0.15, 0.2) is 58.2 Å². The smallest absolute Gasteiger partial charge is 0.296 e. The Labute approximate surface area is 190 Å². The summed E-state index contributed by atoms with van der Waals surface area (Å²) in [6.45, 7) is 3.69. The lowest BCUT2D eigenvalue weighted by Gasteiger charge is -2.22. The molecule has 0 aliphatic heterocycles. The van der Waals surface area contributed by atoms with E-state index in [1.807, 2.05) is 0 Å². The minimum atomic E-state index is -4.31. The van der Waals surface area contributed by atoms with E-state index in [0.29, 0.717) is 17.9 Å². The lowest BCUT2D eigenvalue weighted by atomic mass is 10.2. The summed E-state index contributed by atoms with van der Waals surface area (Å²) in [4.78, 5) is 25.2. The van der Waals surface area contributed by atoms with Crippen molar-refractivity contribution in [3.8, 4) is 5.69 Å². The molecule has 3 aromatic rings. The lowest BCUT2D eigenvalue weighted by molar-refractivity contribution is -0.384. The number of nitro groups is 1. The first kappa shape index (κ1) is 24.0. The van der Waals surface area contributed by atoms with Gasteiger partial charge in [-0.1, -0.05) is 18.2 Å². The number of para-hydroxylation sites is 1. The fourth-order valence-electron chi connectivity index (χ4n) is 3.53. The average Bonchev–Trinajstić information content (AvgIpc) is 3.00. The predicted molar refractivity (Wildman–Crippen MR) is 125 cm³/mol. The molecule has 0 aliphatic carbocycles. The largest absolute Gasteiger partial charge is 0.395 e. The number of hydrogen-bond acceptors (Lipinski definition) is 7. The van der Waals surface area contributed by atoms with E-state index in [2.05, 4.69) is 4.72 Å². The summed E-state index contributed by atoms with van der Waals surface area (Å²) in [7, 11) is -2.68. The van der Waals surface area contributed by atoms with Crippen LogP contribution in [0.4, 0.5) is 17.1 Å². The van der Waals surface area contributed by atoms with Gasteiger partial charge in [0.05, 0.1) is 27.8 Å². The molecule has 2 aromatic carbocycles. The zero-order chi connectivity index (χ0) is 24.3. The Morgan fingerprint density at radius 1 is 1.18 bits per heavy atom. The van der Waals surface area contributed by atoms with Crippen LogP contribution < -0.4 is 15.2 Å². The zero-order valence-electron chi connectivity index (χ0n) is 18.4. The van der Waals surface area contributed by atoms with Gasteiger partial charge in [0, 0.05) is 26.2 Å². The quantitative estimate of drug-likeness (QED) is 0.356. The average molecular weight is 476 g/mol. The number of nitrogens with one attached hydrogen (secondary N) is 1. The minimum Gasteiger partial charge on any atom is -0.395 e. The number of sulfonamides is 1. The monoisotopic (exact) mass is 475 g/mol. The van der Waals surface area contributed by atoms with E-state index in [9.17, 15) is 28.4 Å². The van der Waals surface area contributed by atoms with E-state index in [4.69, 9.17) is 0 Å². The topological polar surface area (TPSA) is 140 Å². The van der Waals surface area contributed by atoms with Crippen molar-refractivity contribution in [3.05, 3.63) is 74.7 Å². The van der Waals surface area contributed by atoms with Crippen molar-refractivity contribution in [3.63, 3.8) is 0 Å². The van der Waals surface area contributed by atoms with Crippen LogP contribution in [-0.4, -0.2) is 47.5 Å². The molecule has 176 valence electrons. The molecule has 11 nitrogen and oxygen atoms in total. The van der Waals surface area contributed by atoms with Gasteiger partial charge >= 0.3 is 0 Å². The second-order valence-electron chi connectivity index (χ2n) is 7.25. The lowest BCUT2D eigenvalue weighted by Crippen LogP contribution is -2.27. The van der Waals surface area contributed by atoms with Crippen LogP contribution in [0, 0.1) is 17.0 Å². The summed E-state index contributed by atoms with van der Waals surface area (Å²) < 4.78 is 31.3. The second kappa shape index (κ2) is 9.46. The van der Waals surface area contributed by atoms with Crippen molar-refractivity contribution < 1.29 is 18.4 Å². The van der Waals surface area contributed by atoms with E-state index >= 15 is 0 Å². The van der Waals surface area contributed by atoms with E-state index in [-0.39, 0.29) is 29.4 Å². The highest BCUT2D eigenvalue weighted by Gasteiger charge is 2.26. The Hall–Kier alpha value is -3.64. The summed E-state index contributed by atoms with van der Waals surface area (Å²) >= 11 is 0. The van der Waals surface area contributed by atoms with Gasteiger partial charge in [-0.25, -0.2) is 13.1 Å². The molecule has 0 fully saturated rings. The number of anilines is 2. The first-order valence-corrected chi connectivity index (χ1v) is 11.6. The molecule has 33 heavy (non-hydrogen) atoms. The molecule has 0 aliphatic rings. The van der Waals surface area contributed by atoms with Crippen LogP contribution in [0.2, 0.25) is 0 Å². The number of benzene rings is 2. The molecular formula is C21H25N5O6S. The van der Waals surface area contributed by atoms with E-state index < -0.39 is 26.2 Å². The molecule has 0 bridgehead atoms. The van der Waals surface area contributed by atoms with Gasteiger partial charge in [0.25, 0.3) is 21.3 Å². The maximum Gasteiger partial charge on any atom is 0.296 e. The third kappa shape index (κ3) is 4.61. The number of aliphatic hydroxyl groups is 1. The van der Waals surface area contributed by atoms with Crippen molar-refractivity contribution in [1.29, 1.82) is 0 Å². The standard InChI is InChI=1S/C21H25N5O6S/c1-4-24(12-13-27)18-11-10-17(14-19(18)26(29)30)33(31,32)22-20-15(2)23(3)25(21(20)28)16-8-6-5-7-9-16/h5-11,14,22,27H,4,12-13H2,1-3H3. The highest BCUT2D eigenvalue weighted by molar-refractivity contribution is 7.92. The van der Waals surface area contributed by atoms with E-state index in [1.165, 1.54) is 21.5 Å². The van der Waals surface area contributed by atoms with Gasteiger partial charge in [0.2, 0.25) is 0 Å². The molecule has 12 heteroatoms. The Balaban J connectivity index is 2.05. The molecule has 0 atom stereocenters. The van der Waals surface area contributed by atoms with Gasteiger partial charge in [-0.15, -0.1) is 0 Å². The van der Waals surface area contributed by atoms with Gasteiger partial charge < -0.3 is 10.0 Å². The highest BCUT2D eigenvalue weighted by Crippen LogP contribution is 2.31. The number of nitro benzene ring substituents is 1. The molecule has 0 unspecified atom stereocenters. The molecule has 0 amide bonds. The van der Waals surface area contributed by atoms with Crippen molar-refractivity contribution in [2.45, 2.75) is 18.7 Å². The van der Waals surface area contributed by atoms with Crippen LogP contribution in [0.25, 0.3) is 5.69 Å². The third-order valence-electron chi connectivity index (χ3n) is 5.34. The summed E-state index contributed by atoms with van der Waals surface area (Å²) in [5.41, 5.74) is -0.0160. The highest BCUT2D eigenvalue weighted by atomic mass is 32.2. The van der Waals surface area contributed by atoms with Crippen LogP contribution in [-0.2, 0) is 17.1 Å². The Morgan fingerprint density at radius 2 is 1.85 bits per heavy atom. The number of nitrogens with zero attached hydrogens (tertiary/aromatic N) is 4. The van der Waals surface area contributed by atoms with Crippen molar-refractivity contribution in [2.75, 3.05) is 29.3 Å². The normalized spacial score (nSPS) is 11.4. The summed E-state index contributed by atoms with van der Waals surface area (Å²) in [5.74, 6) is 0. The van der Waals surface area contributed by atoms with Crippen molar-refractivity contribution in [1.82, 2.24) is 9.36 Å². The van der Waals surface area contributed by atoms with Gasteiger partial charge in [-0.05, 0) is 38.1 Å². The molecule has 0 saturated carbocycles. The molecule has 2 N–H and O–H groups in total. The first-order valence-electron chi connectivity index (χ1n) is 10.1.